The summed E-state index contributed by atoms with van der Waals surface area (Å²) in [6, 6.07) is 4.33. The molecule has 2 aliphatic heterocycles. The highest BCUT2D eigenvalue weighted by Crippen LogP contribution is 2.39. The number of carbonyl (C=O) groups excluding carboxylic acids is 1. The molecule has 2 atom stereocenters. The van der Waals surface area contributed by atoms with E-state index in [-0.39, 0.29) is 18.3 Å². The predicted octanol–water partition coefficient (Wildman–Crippen LogP) is 1.55. The zero-order chi connectivity index (χ0) is 14.8. The van der Waals surface area contributed by atoms with Crippen LogP contribution < -0.4 is 5.32 Å². The molecule has 0 saturated carbocycles. The van der Waals surface area contributed by atoms with Gasteiger partial charge in [0.1, 0.15) is 11.9 Å². The second kappa shape index (κ2) is 5.99. The third-order valence-corrected chi connectivity index (χ3v) is 4.09. The number of hydrogen-bond acceptors (Lipinski definition) is 5. The standard InChI is InChI=1S/C15H21N3O3/c1-10(19)18-7-4-12(5-8-18)17-13-9-11(3-6-16-13)14-15(20-2)21-14/h3,6,9,12,14-15H,4-5,7-8H2,1-2H3,(H,16,17). The van der Waals surface area contributed by atoms with E-state index in [1.165, 1.54) is 0 Å². The highest BCUT2D eigenvalue weighted by atomic mass is 16.8. The van der Waals surface area contributed by atoms with Crippen LogP contribution >= 0.6 is 0 Å². The van der Waals surface area contributed by atoms with Crippen molar-refractivity contribution in [2.24, 2.45) is 0 Å². The van der Waals surface area contributed by atoms with Gasteiger partial charge in [-0.25, -0.2) is 4.98 Å². The number of ether oxygens (including phenoxy) is 2. The number of methoxy groups -OCH3 is 1. The van der Waals surface area contributed by atoms with Crippen LogP contribution in [0.4, 0.5) is 5.82 Å². The van der Waals surface area contributed by atoms with Crippen LogP contribution in [0.5, 0.6) is 0 Å². The van der Waals surface area contributed by atoms with E-state index in [1.54, 1.807) is 20.2 Å². The van der Waals surface area contributed by atoms with Gasteiger partial charge >= 0.3 is 0 Å². The molecule has 0 radical (unpaired) electrons. The number of pyridine rings is 1. The Morgan fingerprint density at radius 2 is 2.24 bits per heavy atom. The Hall–Kier alpha value is -1.66. The SMILES string of the molecule is COC1OC1c1ccnc(NC2CCN(C(C)=O)CC2)c1. The van der Waals surface area contributed by atoms with Gasteiger partial charge in [0.15, 0.2) is 6.29 Å². The molecular formula is C15H21N3O3. The number of epoxide rings is 1. The molecule has 2 fully saturated rings. The number of rotatable bonds is 4. The normalized spacial score (nSPS) is 25.7. The van der Waals surface area contributed by atoms with Gasteiger partial charge in [-0.15, -0.1) is 0 Å². The summed E-state index contributed by atoms with van der Waals surface area (Å²) in [7, 11) is 1.65. The van der Waals surface area contributed by atoms with E-state index in [4.69, 9.17) is 9.47 Å². The molecule has 1 amide bonds. The summed E-state index contributed by atoms with van der Waals surface area (Å²) in [5, 5.41) is 3.45. The van der Waals surface area contributed by atoms with Crippen molar-refractivity contribution in [3.63, 3.8) is 0 Å². The lowest BCUT2D eigenvalue weighted by Crippen LogP contribution is -2.41. The molecule has 0 bridgehead atoms. The van der Waals surface area contributed by atoms with E-state index in [9.17, 15) is 4.79 Å². The van der Waals surface area contributed by atoms with Crippen molar-refractivity contribution >= 4 is 11.7 Å². The van der Waals surface area contributed by atoms with Gasteiger partial charge in [-0.2, -0.15) is 0 Å². The zero-order valence-electron chi connectivity index (χ0n) is 12.4. The summed E-state index contributed by atoms with van der Waals surface area (Å²) in [6.07, 6.45) is 3.59. The molecule has 0 spiro atoms. The molecule has 3 heterocycles. The maximum Gasteiger partial charge on any atom is 0.219 e. The Kier molecular flexibility index (Phi) is 4.07. The summed E-state index contributed by atoms with van der Waals surface area (Å²) in [5.74, 6) is 1.02. The highest BCUT2D eigenvalue weighted by Gasteiger charge is 2.40. The summed E-state index contributed by atoms with van der Waals surface area (Å²) < 4.78 is 10.6. The van der Waals surface area contributed by atoms with Gasteiger partial charge in [0.25, 0.3) is 0 Å². The van der Waals surface area contributed by atoms with Crippen molar-refractivity contribution in [3.05, 3.63) is 23.9 Å². The van der Waals surface area contributed by atoms with E-state index < -0.39 is 0 Å². The number of carbonyl (C=O) groups is 1. The molecule has 1 N–H and O–H groups in total. The average molecular weight is 291 g/mol. The molecule has 0 aliphatic carbocycles. The maximum absolute atomic E-state index is 11.3. The highest BCUT2D eigenvalue weighted by molar-refractivity contribution is 5.73. The minimum atomic E-state index is -0.126. The van der Waals surface area contributed by atoms with E-state index in [1.807, 2.05) is 17.0 Å². The molecule has 2 aliphatic rings. The number of amides is 1. The van der Waals surface area contributed by atoms with Crippen molar-refractivity contribution in [1.29, 1.82) is 0 Å². The van der Waals surface area contributed by atoms with Crippen molar-refractivity contribution in [2.75, 3.05) is 25.5 Å². The molecule has 1 aromatic rings. The predicted molar refractivity (Wildman–Crippen MR) is 77.8 cm³/mol. The topological polar surface area (TPSA) is 67.0 Å². The zero-order valence-corrected chi connectivity index (χ0v) is 12.4. The molecule has 1 aromatic heterocycles. The molecule has 2 unspecified atom stereocenters. The van der Waals surface area contributed by atoms with E-state index in [0.29, 0.717) is 6.04 Å². The Morgan fingerprint density at radius 3 is 2.86 bits per heavy atom. The van der Waals surface area contributed by atoms with E-state index in [0.717, 1.165) is 37.3 Å². The first kappa shape index (κ1) is 14.3. The van der Waals surface area contributed by atoms with Gasteiger partial charge in [-0.3, -0.25) is 4.79 Å². The van der Waals surface area contributed by atoms with Gasteiger partial charge in [-0.05, 0) is 30.5 Å². The van der Waals surface area contributed by atoms with Gasteiger partial charge in [0.2, 0.25) is 5.91 Å². The lowest BCUT2D eigenvalue weighted by molar-refractivity contribution is -0.129. The van der Waals surface area contributed by atoms with Gasteiger partial charge < -0.3 is 19.7 Å². The molecule has 2 saturated heterocycles. The number of hydrogen-bond donors (Lipinski definition) is 1. The van der Waals surface area contributed by atoms with Crippen molar-refractivity contribution in [1.82, 2.24) is 9.88 Å². The summed E-state index contributed by atoms with van der Waals surface area (Å²) in [4.78, 5) is 17.6. The number of anilines is 1. The Labute approximate surface area is 124 Å². The van der Waals surface area contributed by atoms with Crippen LogP contribution in [0.15, 0.2) is 18.3 Å². The van der Waals surface area contributed by atoms with Crippen LogP contribution in [0, 0.1) is 0 Å². The van der Waals surface area contributed by atoms with Crippen molar-refractivity contribution in [2.45, 2.75) is 38.2 Å². The first-order chi connectivity index (χ1) is 10.2. The Bertz CT molecular complexity index is 515. The van der Waals surface area contributed by atoms with Crippen LogP contribution in [0.2, 0.25) is 0 Å². The first-order valence-corrected chi connectivity index (χ1v) is 7.33. The molecule has 3 rings (SSSR count). The third-order valence-electron chi connectivity index (χ3n) is 4.09. The van der Waals surface area contributed by atoms with Crippen LogP contribution in [0.3, 0.4) is 0 Å². The van der Waals surface area contributed by atoms with Crippen LogP contribution in [-0.2, 0) is 14.3 Å². The molecular weight excluding hydrogens is 270 g/mol. The smallest absolute Gasteiger partial charge is 0.219 e. The summed E-state index contributed by atoms with van der Waals surface area (Å²) in [5.41, 5.74) is 1.08. The molecule has 6 nitrogen and oxygen atoms in total. The fourth-order valence-corrected chi connectivity index (χ4v) is 2.76. The van der Waals surface area contributed by atoms with Crippen molar-refractivity contribution < 1.29 is 14.3 Å². The minimum Gasteiger partial charge on any atom is -0.367 e. The quantitative estimate of drug-likeness (QED) is 0.853. The van der Waals surface area contributed by atoms with Crippen molar-refractivity contribution in [3.8, 4) is 0 Å². The van der Waals surface area contributed by atoms with Crippen LogP contribution in [0.25, 0.3) is 0 Å². The van der Waals surface area contributed by atoms with E-state index >= 15 is 0 Å². The first-order valence-electron chi connectivity index (χ1n) is 7.33. The van der Waals surface area contributed by atoms with Gasteiger partial charge in [0, 0.05) is 39.4 Å². The molecule has 0 aromatic carbocycles. The lowest BCUT2D eigenvalue weighted by Gasteiger charge is -2.32. The van der Waals surface area contributed by atoms with E-state index in [2.05, 4.69) is 10.3 Å². The number of nitrogens with one attached hydrogen (secondary N) is 1. The number of likely N-dealkylation sites (tertiary alicyclic amines) is 1. The average Bonchev–Trinajstić information content (AvgIpc) is 3.28. The molecule has 6 heteroatoms. The molecule has 21 heavy (non-hydrogen) atoms. The third kappa shape index (κ3) is 3.33. The monoisotopic (exact) mass is 291 g/mol. The summed E-state index contributed by atoms with van der Waals surface area (Å²) >= 11 is 0. The Balaban J connectivity index is 1.56. The maximum atomic E-state index is 11.3. The molecule has 114 valence electrons. The number of nitrogens with zero attached hydrogens (tertiary/aromatic N) is 2. The lowest BCUT2D eigenvalue weighted by atomic mass is 10.0. The number of aromatic nitrogens is 1. The van der Waals surface area contributed by atoms with Gasteiger partial charge in [-0.1, -0.05) is 0 Å². The van der Waals surface area contributed by atoms with Crippen LogP contribution in [0.1, 0.15) is 31.4 Å². The minimum absolute atomic E-state index is 0.0260. The largest absolute Gasteiger partial charge is 0.367 e. The Morgan fingerprint density at radius 1 is 1.48 bits per heavy atom. The second-order valence-electron chi connectivity index (χ2n) is 5.56. The number of piperidine rings is 1. The fraction of sp³-hybridized carbons (Fsp3) is 0.600. The second-order valence-corrected chi connectivity index (χ2v) is 5.56. The van der Waals surface area contributed by atoms with Crippen LogP contribution in [-0.4, -0.2) is 48.3 Å². The fourth-order valence-electron chi connectivity index (χ4n) is 2.76. The summed E-state index contributed by atoms with van der Waals surface area (Å²) in [6.45, 7) is 3.25. The van der Waals surface area contributed by atoms with Gasteiger partial charge in [0.05, 0.1) is 0 Å².